The van der Waals surface area contributed by atoms with Gasteiger partial charge in [0, 0.05) is 10.7 Å². The fourth-order valence-electron chi connectivity index (χ4n) is 2.79. The summed E-state index contributed by atoms with van der Waals surface area (Å²) in [5.41, 5.74) is 5.06. The van der Waals surface area contributed by atoms with Crippen molar-refractivity contribution in [3.8, 4) is 0 Å². The standard InChI is InChI=1S/C19H22ClNSi/c1-22(2,3)14-13-18-19(15-9-11-16(20)12-10-15)21(18)17-7-5-4-6-8-17/h4-14,18-19H,1-3H3/b14-13+/t18-,19+,21?/m1/s1. The van der Waals surface area contributed by atoms with Crippen LogP contribution in [0, 0.1) is 0 Å². The largest absolute Gasteiger partial charge is 0.353 e. The van der Waals surface area contributed by atoms with Crippen LogP contribution in [-0.2, 0) is 0 Å². The van der Waals surface area contributed by atoms with Gasteiger partial charge in [-0.3, -0.25) is 0 Å². The molecule has 0 radical (unpaired) electrons. The molecule has 3 heteroatoms. The second-order valence-corrected chi connectivity index (χ2v) is 12.5. The third kappa shape index (κ3) is 3.45. The highest BCUT2D eigenvalue weighted by Crippen LogP contribution is 2.47. The minimum absolute atomic E-state index is 0.423. The van der Waals surface area contributed by atoms with E-state index >= 15 is 0 Å². The lowest BCUT2D eigenvalue weighted by Crippen LogP contribution is -2.16. The second kappa shape index (κ2) is 5.94. The van der Waals surface area contributed by atoms with Crippen LogP contribution in [0.2, 0.25) is 24.7 Å². The van der Waals surface area contributed by atoms with Gasteiger partial charge in [0.05, 0.1) is 20.2 Å². The van der Waals surface area contributed by atoms with Crippen LogP contribution in [-0.4, -0.2) is 14.1 Å². The number of hydrogen-bond acceptors (Lipinski definition) is 1. The molecule has 1 nitrogen and oxygen atoms in total. The first-order valence-electron chi connectivity index (χ1n) is 7.74. The van der Waals surface area contributed by atoms with Gasteiger partial charge in [-0.1, -0.05) is 73.3 Å². The minimum atomic E-state index is -1.18. The van der Waals surface area contributed by atoms with E-state index in [9.17, 15) is 0 Å². The fraction of sp³-hybridized carbons (Fsp3) is 0.263. The van der Waals surface area contributed by atoms with Crippen molar-refractivity contribution in [2.24, 2.45) is 0 Å². The summed E-state index contributed by atoms with van der Waals surface area (Å²) in [7, 11) is -1.18. The summed E-state index contributed by atoms with van der Waals surface area (Å²) < 4.78 is 0. The van der Waals surface area contributed by atoms with Crippen molar-refractivity contribution < 1.29 is 0 Å². The van der Waals surface area contributed by atoms with E-state index < -0.39 is 8.07 Å². The maximum Gasteiger partial charge on any atom is 0.0789 e. The Hall–Kier alpha value is -1.51. The molecule has 2 aromatic carbocycles. The highest BCUT2D eigenvalue weighted by Gasteiger charge is 2.46. The molecule has 0 saturated carbocycles. The molecule has 2 atom stereocenters. The summed E-state index contributed by atoms with van der Waals surface area (Å²) >= 11 is 6.03. The molecule has 0 aliphatic carbocycles. The van der Waals surface area contributed by atoms with Crippen molar-refractivity contribution in [1.82, 2.24) is 0 Å². The van der Waals surface area contributed by atoms with Crippen LogP contribution >= 0.6 is 11.6 Å². The lowest BCUT2D eigenvalue weighted by molar-refractivity contribution is 1.09. The van der Waals surface area contributed by atoms with Gasteiger partial charge in [0.1, 0.15) is 0 Å². The molecule has 1 heterocycles. The maximum absolute atomic E-state index is 6.03. The molecule has 3 rings (SSSR count). The lowest BCUT2D eigenvalue weighted by Gasteiger charge is -2.08. The Morgan fingerprint density at radius 3 is 2.18 bits per heavy atom. The summed E-state index contributed by atoms with van der Waals surface area (Å²) in [5.74, 6) is 0. The zero-order chi connectivity index (χ0) is 15.7. The number of para-hydroxylation sites is 1. The van der Waals surface area contributed by atoms with Crippen molar-refractivity contribution in [2.75, 3.05) is 4.90 Å². The Morgan fingerprint density at radius 2 is 1.59 bits per heavy atom. The summed E-state index contributed by atoms with van der Waals surface area (Å²) in [6, 6.07) is 19.8. The zero-order valence-electron chi connectivity index (χ0n) is 13.3. The molecule has 0 aromatic heterocycles. The molecule has 1 fully saturated rings. The van der Waals surface area contributed by atoms with E-state index in [-0.39, 0.29) is 0 Å². The first kappa shape index (κ1) is 15.4. The molecule has 0 unspecified atom stereocenters. The van der Waals surface area contributed by atoms with Gasteiger partial charge in [-0.25, -0.2) is 0 Å². The molecule has 0 bridgehead atoms. The molecular weight excluding hydrogens is 306 g/mol. The van der Waals surface area contributed by atoms with Gasteiger partial charge in [-0.05, 0) is 29.8 Å². The van der Waals surface area contributed by atoms with Gasteiger partial charge in [-0.2, -0.15) is 0 Å². The van der Waals surface area contributed by atoms with Crippen LogP contribution in [0.15, 0.2) is 66.4 Å². The summed E-state index contributed by atoms with van der Waals surface area (Å²) in [6.45, 7) is 7.11. The molecule has 0 N–H and O–H groups in total. The smallest absolute Gasteiger partial charge is 0.0789 e. The molecule has 1 aliphatic rings. The molecule has 114 valence electrons. The van der Waals surface area contributed by atoms with Crippen LogP contribution < -0.4 is 4.90 Å². The van der Waals surface area contributed by atoms with E-state index in [1.807, 2.05) is 12.1 Å². The molecule has 2 aromatic rings. The molecular formula is C19H22ClNSi. The molecule has 1 saturated heterocycles. The van der Waals surface area contributed by atoms with E-state index in [0.717, 1.165) is 5.02 Å². The number of anilines is 1. The quantitative estimate of drug-likeness (QED) is 0.514. The predicted molar refractivity (Wildman–Crippen MR) is 99.4 cm³/mol. The number of rotatable bonds is 4. The van der Waals surface area contributed by atoms with Crippen LogP contribution in [0.5, 0.6) is 0 Å². The second-order valence-electron chi connectivity index (χ2n) is 6.95. The third-order valence-electron chi connectivity index (χ3n) is 3.91. The Balaban J connectivity index is 1.89. The highest BCUT2D eigenvalue weighted by molar-refractivity contribution is 6.80. The van der Waals surface area contributed by atoms with Gasteiger partial charge >= 0.3 is 0 Å². The third-order valence-corrected chi connectivity index (χ3v) is 5.36. The maximum atomic E-state index is 6.03. The zero-order valence-corrected chi connectivity index (χ0v) is 15.1. The minimum Gasteiger partial charge on any atom is -0.353 e. The van der Waals surface area contributed by atoms with E-state index in [2.05, 4.69) is 78.8 Å². The fourth-order valence-corrected chi connectivity index (χ4v) is 3.69. The van der Waals surface area contributed by atoms with Gasteiger partial charge < -0.3 is 4.90 Å². The first-order chi connectivity index (χ1) is 10.5. The van der Waals surface area contributed by atoms with Crippen LogP contribution in [0.1, 0.15) is 11.6 Å². The molecule has 22 heavy (non-hydrogen) atoms. The Kier molecular flexibility index (Phi) is 4.15. The monoisotopic (exact) mass is 327 g/mol. The van der Waals surface area contributed by atoms with Gasteiger partial charge in [0.2, 0.25) is 0 Å². The van der Waals surface area contributed by atoms with Gasteiger partial charge in [0.25, 0.3) is 0 Å². The summed E-state index contributed by atoms with van der Waals surface area (Å²) in [4.78, 5) is 2.47. The van der Waals surface area contributed by atoms with Crippen LogP contribution in [0.3, 0.4) is 0 Å². The van der Waals surface area contributed by atoms with Crippen molar-refractivity contribution >= 4 is 25.4 Å². The van der Waals surface area contributed by atoms with Crippen molar-refractivity contribution in [2.45, 2.75) is 31.7 Å². The van der Waals surface area contributed by atoms with Crippen molar-refractivity contribution in [3.63, 3.8) is 0 Å². The lowest BCUT2D eigenvalue weighted by atomic mass is 10.1. The van der Waals surface area contributed by atoms with E-state index in [4.69, 9.17) is 11.6 Å². The van der Waals surface area contributed by atoms with E-state index in [1.165, 1.54) is 11.3 Å². The SMILES string of the molecule is C[Si](C)(C)/C=C/[C@@H]1[C@H](c2ccc(Cl)cc2)N1c1ccccc1. The number of nitrogens with zero attached hydrogens (tertiary/aromatic N) is 1. The van der Waals surface area contributed by atoms with E-state index in [0.29, 0.717) is 12.1 Å². The van der Waals surface area contributed by atoms with Crippen molar-refractivity contribution in [3.05, 3.63) is 77.0 Å². The number of halogens is 1. The van der Waals surface area contributed by atoms with E-state index in [1.54, 1.807) is 0 Å². The average molecular weight is 328 g/mol. The Labute approximate surface area is 139 Å². The van der Waals surface area contributed by atoms with Gasteiger partial charge in [0.15, 0.2) is 0 Å². The Morgan fingerprint density at radius 1 is 0.955 bits per heavy atom. The molecule has 0 spiro atoms. The number of hydrogen-bond donors (Lipinski definition) is 0. The van der Waals surface area contributed by atoms with Crippen molar-refractivity contribution in [1.29, 1.82) is 0 Å². The topological polar surface area (TPSA) is 3.01 Å². The van der Waals surface area contributed by atoms with Crippen LogP contribution in [0.25, 0.3) is 0 Å². The normalized spacial score (nSPS) is 21.4. The predicted octanol–water partition coefficient (Wildman–Crippen LogP) is 5.70. The first-order valence-corrected chi connectivity index (χ1v) is 11.7. The number of benzene rings is 2. The molecule has 1 aliphatic heterocycles. The Bertz CT molecular complexity index is 658. The average Bonchev–Trinajstić information content (AvgIpc) is 3.20. The highest BCUT2D eigenvalue weighted by atomic mass is 35.5. The molecule has 0 amide bonds. The van der Waals surface area contributed by atoms with Crippen LogP contribution in [0.4, 0.5) is 5.69 Å². The summed E-state index contributed by atoms with van der Waals surface area (Å²) in [5, 5.41) is 0.796. The van der Waals surface area contributed by atoms with Gasteiger partial charge in [-0.15, -0.1) is 0 Å². The summed E-state index contributed by atoms with van der Waals surface area (Å²) in [6.07, 6.45) is 2.40.